The minimum atomic E-state index is -1.27. The second kappa shape index (κ2) is 5.30. The molecule has 2 aromatic rings. The smallest absolute Gasteiger partial charge is 0.202 e. The lowest BCUT2D eigenvalue weighted by molar-refractivity contribution is -0.0627. The summed E-state index contributed by atoms with van der Waals surface area (Å²) in [6.07, 6.45) is -0.279. The van der Waals surface area contributed by atoms with E-state index in [1.165, 1.54) is 12.4 Å². The van der Waals surface area contributed by atoms with Gasteiger partial charge in [-0.2, -0.15) is 0 Å². The van der Waals surface area contributed by atoms with Crippen molar-refractivity contribution < 1.29 is 19.8 Å². The first kappa shape index (κ1) is 12.7. The van der Waals surface area contributed by atoms with Crippen molar-refractivity contribution in [1.29, 1.82) is 0 Å². The SMILES string of the molecule is CC[C@H](O)[C@H](O)[C@@H](O)c1cnc(-c2ccno2)[nH]1. The molecule has 0 saturated carbocycles. The molecule has 0 aliphatic heterocycles. The first-order valence-corrected chi connectivity index (χ1v) is 5.63. The summed E-state index contributed by atoms with van der Waals surface area (Å²) in [4.78, 5) is 6.81. The van der Waals surface area contributed by atoms with Crippen LogP contribution in [0, 0.1) is 0 Å². The fourth-order valence-electron chi connectivity index (χ4n) is 1.58. The number of hydrogen-bond acceptors (Lipinski definition) is 6. The van der Waals surface area contributed by atoms with Crippen LogP contribution in [0.25, 0.3) is 11.6 Å². The number of rotatable bonds is 5. The third kappa shape index (κ3) is 2.42. The number of aliphatic hydroxyl groups is 3. The van der Waals surface area contributed by atoms with Crippen molar-refractivity contribution in [3.05, 3.63) is 24.2 Å². The van der Waals surface area contributed by atoms with E-state index in [9.17, 15) is 15.3 Å². The summed E-state index contributed by atoms with van der Waals surface area (Å²) in [7, 11) is 0. The van der Waals surface area contributed by atoms with Gasteiger partial charge in [0, 0.05) is 6.07 Å². The molecule has 0 aliphatic carbocycles. The lowest BCUT2D eigenvalue weighted by Gasteiger charge is -2.20. The van der Waals surface area contributed by atoms with Crippen LogP contribution in [0.3, 0.4) is 0 Å². The number of aromatic amines is 1. The molecule has 0 aromatic carbocycles. The Balaban J connectivity index is 2.15. The summed E-state index contributed by atoms with van der Waals surface area (Å²) in [6, 6.07) is 1.62. The van der Waals surface area contributed by atoms with Gasteiger partial charge >= 0.3 is 0 Å². The van der Waals surface area contributed by atoms with Gasteiger partial charge in [0.1, 0.15) is 12.2 Å². The number of nitrogens with one attached hydrogen (secondary N) is 1. The van der Waals surface area contributed by atoms with Gasteiger partial charge in [0.25, 0.3) is 0 Å². The fraction of sp³-hybridized carbons (Fsp3) is 0.455. The monoisotopic (exact) mass is 253 g/mol. The van der Waals surface area contributed by atoms with Crippen molar-refractivity contribution >= 4 is 0 Å². The first-order chi connectivity index (χ1) is 8.63. The molecule has 0 amide bonds. The van der Waals surface area contributed by atoms with E-state index in [1.54, 1.807) is 13.0 Å². The van der Waals surface area contributed by atoms with Crippen LogP contribution >= 0.6 is 0 Å². The highest BCUT2D eigenvalue weighted by Crippen LogP contribution is 2.22. The Bertz CT molecular complexity index is 482. The van der Waals surface area contributed by atoms with Crippen LogP contribution < -0.4 is 0 Å². The lowest BCUT2D eigenvalue weighted by Crippen LogP contribution is -2.31. The molecule has 18 heavy (non-hydrogen) atoms. The Morgan fingerprint density at radius 3 is 2.78 bits per heavy atom. The summed E-state index contributed by atoms with van der Waals surface area (Å²) in [6.45, 7) is 1.72. The highest BCUT2D eigenvalue weighted by molar-refractivity contribution is 5.45. The molecule has 3 atom stereocenters. The van der Waals surface area contributed by atoms with Crippen molar-refractivity contribution in [2.45, 2.75) is 31.7 Å². The quantitative estimate of drug-likeness (QED) is 0.606. The summed E-state index contributed by atoms with van der Waals surface area (Å²) in [5, 5.41) is 32.6. The van der Waals surface area contributed by atoms with Gasteiger partial charge in [-0.25, -0.2) is 4.98 Å². The highest BCUT2D eigenvalue weighted by Gasteiger charge is 2.26. The summed E-state index contributed by atoms with van der Waals surface area (Å²) in [5.74, 6) is 0.832. The zero-order valence-electron chi connectivity index (χ0n) is 9.82. The van der Waals surface area contributed by atoms with Gasteiger partial charge in [0.2, 0.25) is 5.76 Å². The molecular formula is C11H15N3O4. The van der Waals surface area contributed by atoms with Crippen LogP contribution in [0.1, 0.15) is 25.1 Å². The second-order valence-electron chi connectivity index (χ2n) is 3.97. The number of aromatic nitrogens is 3. The van der Waals surface area contributed by atoms with E-state index in [2.05, 4.69) is 15.1 Å². The van der Waals surface area contributed by atoms with Crippen LogP contribution in [0.5, 0.6) is 0 Å². The van der Waals surface area contributed by atoms with E-state index in [0.29, 0.717) is 23.7 Å². The molecule has 7 heteroatoms. The maximum absolute atomic E-state index is 9.87. The lowest BCUT2D eigenvalue weighted by atomic mass is 10.0. The van der Waals surface area contributed by atoms with Crippen LogP contribution in [-0.2, 0) is 0 Å². The van der Waals surface area contributed by atoms with Gasteiger partial charge in [-0.05, 0) is 6.42 Å². The zero-order chi connectivity index (χ0) is 13.1. The van der Waals surface area contributed by atoms with E-state index < -0.39 is 18.3 Å². The largest absolute Gasteiger partial charge is 0.390 e. The van der Waals surface area contributed by atoms with Crippen molar-refractivity contribution in [3.63, 3.8) is 0 Å². The first-order valence-electron chi connectivity index (χ1n) is 5.63. The Kier molecular flexibility index (Phi) is 3.75. The maximum Gasteiger partial charge on any atom is 0.202 e. The standard InChI is InChI=1S/C11H15N3O4/c1-2-7(15)10(17)9(16)6-5-12-11(14-6)8-3-4-13-18-8/h3-5,7,9-10,15-17H,2H2,1H3,(H,12,14)/t7-,9-,10-/m0/s1. The van der Waals surface area contributed by atoms with Gasteiger partial charge in [-0.3, -0.25) is 0 Å². The molecule has 0 spiro atoms. The third-order valence-electron chi connectivity index (χ3n) is 2.72. The fourth-order valence-corrected chi connectivity index (χ4v) is 1.58. The molecule has 2 aromatic heterocycles. The van der Waals surface area contributed by atoms with E-state index in [0.717, 1.165) is 0 Å². The number of hydrogen-bond donors (Lipinski definition) is 4. The predicted molar refractivity (Wildman–Crippen MR) is 61.3 cm³/mol. The number of nitrogens with zero attached hydrogens (tertiary/aromatic N) is 2. The minimum Gasteiger partial charge on any atom is -0.390 e. The Morgan fingerprint density at radius 2 is 2.17 bits per heavy atom. The molecular weight excluding hydrogens is 238 g/mol. The Hall–Kier alpha value is -1.70. The topological polar surface area (TPSA) is 115 Å². The van der Waals surface area contributed by atoms with Gasteiger partial charge < -0.3 is 24.8 Å². The third-order valence-corrected chi connectivity index (χ3v) is 2.72. The average Bonchev–Trinajstić information content (AvgIpc) is 3.05. The van der Waals surface area contributed by atoms with Gasteiger partial charge in [-0.1, -0.05) is 12.1 Å². The summed E-state index contributed by atoms with van der Waals surface area (Å²) in [5.41, 5.74) is 0.307. The summed E-state index contributed by atoms with van der Waals surface area (Å²) >= 11 is 0. The molecule has 2 rings (SSSR count). The molecule has 0 fully saturated rings. The van der Waals surface area contributed by atoms with Crippen molar-refractivity contribution in [2.75, 3.05) is 0 Å². The van der Waals surface area contributed by atoms with Crippen LogP contribution in [0.4, 0.5) is 0 Å². The van der Waals surface area contributed by atoms with Crippen LogP contribution in [-0.4, -0.2) is 42.7 Å². The number of aliphatic hydroxyl groups excluding tert-OH is 3. The van der Waals surface area contributed by atoms with Crippen LogP contribution in [0.2, 0.25) is 0 Å². The molecule has 4 N–H and O–H groups in total. The molecule has 0 aliphatic rings. The molecule has 2 heterocycles. The predicted octanol–water partition coefficient (Wildman–Crippen LogP) is 0.230. The van der Waals surface area contributed by atoms with Gasteiger partial charge in [0.15, 0.2) is 5.82 Å². The van der Waals surface area contributed by atoms with Gasteiger partial charge in [-0.15, -0.1) is 0 Å². The van der Waals surface area contributed by atoms with E-state index >= 15 is 0 Å². The van der Waals surface area contributed by atoms with E-state index in [-0.39, 0.29) is 0 Å². The van der Waals surface area contributed by atoms with Gasteiger partial charge in [0.05, 0.1) is 24.2 Å². The average molecular weight is 253 g/mol. The molecule has 98 valence electrons. The Morgan fingerprint density at radius 1 is 1.39 bits per heavy atom. The zero-order valence-corrected chi connectivity index (χ0v) is 9.82. The van der Waals surface area contributed by atoms with Crippen molar-refractivity contribution in [1.82, 2.24) is 15.1 Å². The Labute approximate surface area is 103 Å². The molecule has 0 unspecified atom stereocenters. The molecule has 0 bridgehead atoms. The summed E-state index contributed by atoms with van der Waals surface area (Å²) < 4.78 is 4.90. The number of imidazole rings is 1. The second-order valence-corrected chi connectivity index (χ2v) is 3.97. The molecule has 0 radical (unpaired) electrons. The van der Waals surface area contributed by atoms with Crippen LogP contribution in [0.15, 0.2) is 23.0 Å². The normalized spacial score (nSPS) is 16.4. The number of H-pyrrole nitrogens is 1. The van der Waals surface area contributed by atoms with Crippen molar-refractivity contribution in [2.24, 2.45) is 0 Å². The molecule has 7 nitrogen and oxygen atoms in total. The maximum atomic E-state index is 9.87. The van der Waals surface area contributed by atoms with E-state index in [1.807, 2.05) is 0 Å². The van der Waals surface area contributed by atoms with Crippen molar-refractivity contribution in [3.8, 4) is 11.6 Å². The highest BCUT2D eigenvalue weighted by atomic mass is 16.5. The minimum absolute atomic E-state index is 0.307. The molecule has 0 saturated heterocycles. The van der Waals surface area contributed by atoms with E-state index in [4.69, 9.17) is 4.52 Å².